The molecule has 0 fully saturated rings. The molecule has 0 aliphatic rings. The van der Waals surface area contributed by atoms with Gasteiger partial charge in [0, 0.05) is 29.4 Å². The maximum atomic E-state index is 10.4. The molecule has 6 heteroatoms. The molecule has 0 aliphatic carbocycles. The molecule has 142 valence electrons. The highest BCUT2D eigenvalue weighted by atomic mass is 35.5. The number of methoxy groups -OCH3 is 1. The predicted molar refractivity (Wildman–Crippen MR) is 108 cm³/mol. The molecule has 0 saturated carbocycles. The third kappa shape index (κ3) is 4.50. The van der Waals surface area contributed by atoms with Crippen LogP contribution in [0.25, 0.3) is 5.69 Å². The third-order valence-corrected chi connectivity index (χ3v) is 4.90. The quantitative estimate of drug-likeness (QED) is 0.646. The fourth-order valence-corrected chi connectivity index (χ4v) is 3.17. The molecule has 0 amide bonds. The number of rotatable bonds is 7. The molecule has 2 aromatic carbocycles. The first-order chi connectivity index (χ1) is 13.0. The van der Waals surface area contributed by atoms with Crippen molar-refractivity contribution in [2.24, 2.45) is 0 Å². The molecule has 2 N–H and O–H groups in total. The molecular weight excluding hydrogens is 362 g/mol. The summed E-state index contributed by atoms with van der Waals surface area (Å²) in [6, 6.07) is 15.1. The highest BCUT2D eigenvalue weighted by molar-refractivity contribution is 6.30. The van der Waals surface area contributed by atoms with E-state index in [0.717, 1.165) is 34.0 Å². The van der Waals surface area contributed by atoms with Crippen LogP contribution in [0.5, 0.6) is 5.75 Å². The molecule has 1 unspecified atom stereocenters. The van der Waals surface area contributed by atoms with Crippen LogP contribution in [0.1, 0.15) is 28.6 Å². The van der Waals surface area contributed by atoms with Gasteiger partial charge in [-0.25, -0.2) is 4.68 Å². The Bertz CT molecular complexity index is 889. The van der Waals surface area contributed by atoms with Gasteiger partial charge >= 0.3 is 0 Å². The monoisotopic (exact) mass is 385 g/mol. The van der Waals surface area contributed by atoms with Gasteiger partial charge in [0.1, 0.15) is 5.75 Å². The van der Waals surface area contributed by atoms with E-state index < -0.39 is 6.10 Å². The summed E-state index contributed by atoms with van der Waals surface area (Å²) in [5, 5.41) is 19.0. The van der Waals surface area contributed by atoms with E-state index in [0.29, 0.717) is 18.1 Å². The minimum Gasteiger partial charge on any atom is -0.497 e. The minimum atomic E-state index is -0.581. The molecule has 1 heterocycles. The van der Waals surface area contributed by atoms with Gasteiger partial charge in [0.15, 0.2) is 0 Å². The van der Waals surface area contributed by atoms with E-state index in [1.165, 1.54) is 0 Å². The number of hydrogen-bond donors (Lipinski definition) is 2. The number of aromatic nitrogens is 2. The molecule has 3 rings (SSSR count). The first-order valence-electron chi connectivity index (χ1n) is 8.83. The van der Waals surface area contributed by atoms with Gasteiger partial charge in [0.25, 0.3) is 0 Å². The SMILES string of the molecule is COc1ccc(C(O)CNCc2c(C)nn(-c3ccc(Cl)cc3)c2C)cc1. The van der Waals surface area contributed by atoms with Crippen molar-refractivity contribution >= 4 is 11.6 Å². The van der Waals surface area contributed by atoms with Gasteiger partial charge in [-0.2, -0.15) is 5.10 Å². The molecule has 5 nitrogen and oxygen atoms in total. The first-order valence-corrected chi connectivity index (χ1v) is 9.21. The van der Waals surface area contributed by atoms with Gasteiger partial charge in [-0.15, -0.1) is 0 Å². The number of halogens is 1. The molecule has 0 bridgehead atoms. The van der Waals surface area contributed by atoms with Crippen LogP contribution in [0, 0.1) is 13.8 Å². The highest BCUT2D eigenvalue weighted by Gasteiger charge is 2.14. The maximum Gasteiger partial charge on any atom is 0.118 e. The fourth-order valence-electron chi connectivity index (χ4n) is 3.04. The van der Waals surface area contributed by atoms with Gasteiger partial charge in [-0.3, -0.25) is 0 Å². The second-order valence-corrected chi connectivity index (χ2v) is 6.89. The lowest BCUT2D eigenvalue weighted by molar-refractivity contribution is 0.174. The Kier molecular flexibility index (Phi) is 6.16. The van der Waals surface area contributed by atoms with Gasteiger partial charge in [-0.1, -0.05) is 23.7 Å². The zero-order valence-corrected chi connectivity index (χ0v) is 16.5. The Morgan fingerprint density at radius 1 is 1.11 bits per heavy atom. The second kappa shape index (κ2) is 8.57. The summed E-state index contributed by atoms with van der Waals surface area (Å²) < 4.78 is 7.06. The van der Waals surface area contributed by atoms with Crippen molar-refractivity contribution < 1.29 is 9.84 Å². The number of nitrogens with zero attached hydrogens (tertiary/aromatic N) is 2. The van der Waals surface area contributed by atoms with Crippen LogP contribution in [0.2, 0.25) is 5.02 Å². The smallest absolute Gasteiger partial charge is 0.118 e. The van der Waals surface area contributed by atoms with Crippen molar-refractivity contribution in [1.82, 2.24) is 15.1 Å². The number of ether oxygens (including phenoxy) is 1. The maximum absolute atomic E-state index is 10.4. The van der Waals surface area contributed by atoms with Gasteiger partial charge < -0.3 is 15.2 Å². The summed E-state index contributed by atoms with van der Waals surface area (Å²) in [7, 11) is 1.63. The molecule has 1 atom stereocenters. The number of aliphatic hydroxyl groups is 1. The summed E-state index contributed by atoms with van der Waals surface area (Å²) in [6.07, 6.45) is -0.581. The normalized spacial score (nSPS) is 12.2. The molecule has 0 saturated heterocycles. The lowest BCUT2D eigenvalue weighted by atomic mass is 10.1. The lowest BCUT2D eigenvalue weighted by Crippen LogP contribution is -2.21. The summed E-state index contributed by atoms with van der Waals surface area (Å²) in [5.41, 5.74) is 5.00. The van der Waals surface area contributed by atoms with Crippen LogP contribution in [0.3, 0.4) is 0 Å². The third-order valence-electron chi connectivity index (χ3n) is 4.65. The number of hydrogen-bond acceptors (Lipinski definition) is 4. The largest absolute Gasteiger partial charge is 0.497 e. The number of nitrogens with one attached hydrogen (secondary N) is 1. The topological polar surface area (TPSA) is 59.3 Å². The molecule has 3 aromatic rings. The van der Waals surface area contributed by atoms with Crippen molar-refractivity contribution in [3.63, 3.8) is 0 Å². The zero-order valence-electron chi connectivity index (χ0n) is 15.7. The summed E-state index contributed by atoms with van der Waals surface area (Å²) >= 11 is 5.97. The molecule has 1 aromatic heterocycles. The van der Waals surface area contributed by atoms with Crippen molar-refractivity contribution in [3.8, 4) is 11.4 Å². The van der Waals surface area contributed by atoms with E-state index in [-0.39, 0.29) is 0 Å². The van der Waals surface area contributed by atoms with E-state index in [2.05, 4.69) is 10.4 Å². The lowest BCUT2D eigenvalue weighted by Gasteiger charge is -2.13. The van der Waals surface area contributed by atoms with Crippen molar-refractivity contribution in [1.29, 1.82) is 0 Å². The number of aliphatic hydroxyl groups excluding tert-OH is 1. The fraction of sp³-hybridized carbons (Fsp3) is 0.286. The molecule has 27 heavy (non-hydrogen) atoms. The van der Waals surface area contributed by atoms with E-state index in [1.807, 2.05) is 67.1 Å². The molecular formula is C21H24ClN3O2. The Balaban J connectivity index is 1.64. The van der Waals surface area contributed by atoms with Crippen LogP contribution < -0.4 is 10.1 Å². The van der Waals surface area contributed by atoms with Crippen LogP contribution in [-0.2, 0) is 6.54 Å². The van der Waals surface area contributed by atoms with E-state index in [1.54, 1.807) is 7.11 Å². The van der Waals surface area contributed by atoms with E-state index in [4.69, 9.17) is 16.3 Å². The summed E-state index contributed by atoms with van der Waals surface area (Å²) in [4.78, 5) is 0. The van der Waals surface area contributed by atoms with Crippen LogP contribution in [0.15, 0.2) is 48.5 Å². The molecule has 0 aliphatic heterocycles. The van der Waals surface area contributed by atoms with Crippen molar-refractivity contribution in [2.45, 2.75) is 26.5 Å². The Morgan fingerprint density at radius 3 is 2.41 bits per heavy atom. The summed E-state index contributed by atoms with van der Waals surface area (Å²) in [6.45, 7) is 5.14. The number of benzene rings is 2. The van der Waals surface area contributed by atoms with Crippen LogP contribution in [-0.4, -0.2) is 28.5 Å². The first kappa shape index (κ1) is 19.4. The summed E-state index contributed by atoms with van der Waals surface area (Å²) in [5.74, 6) is 0.778. The predicted octanol–water partition coefficient (Wildman–Crippen LogP) is 3.97. The Labute approximate surface area is 164 Å². The molecule has 0 spiro atoms. The van der Waals surface area contributed by atoms with Crippen LogP contribution in [0.4, 0.5) is 0 Å². The Morgan fingerprint density at radius 2 is 1.78 bits per heavy atom. The zero-order chi connectivity index (χ0) is 19.4. The van der Waals surface area contributed by atoms with Gasteiger partial charge in [-0.05, 0) is 55.8 Å². The average molecular weight is 386 g/mol. The second-order valence-electron chi connectivity index (χ2n) is 6.46. The van der Waals surface area contributed by atoms with Gasteiger partial charge in [0.2, 0.25) is 0 Å². The van der Waals surface area contributed by atoms with Gasteiger partial charge in [0.05, 0.1) is 24.6 Å². The average Bonchev–Trinajstić information content (AvgIpc) is 2.96. The van der Waals surface area contributed by atoms with Crippen molar-refractivity contribution in [2.75, 3.05) is 13.7 Å². The van der Waals surface area contributed by atoms with Crippen LogP contribution >= 0.6 is 11.6 Å². The van der Waals surface area contributed by atoms with Crippen molar-refractivity contribution in [3.05, 3.63) is 76.1 Å². The highest BCUT2D eigenvalue weighted by Crippen LogP contribution is 2.20. The van der Waals surface area contributed by atoms with E-state index in [9.17, 15) is 5.11 Å². The minimum absolute atomic E-state index is 0.456. The number of aryl methyl sites for hydroxylation is 1. The standard InChI is InChI=1S/C21H24ClN3O2/c1-14-20(15(2)25(24-14)18-8-6-17(22)7-9-18)12-23-13-21(26)16-4-10-19(27-3)11-5-16/h4-11,21,23,26H,12-13H2,1-3H3. The Hall–Kier alpha value is -2.34. The van der Waals surface area contributed by atoms with E-state index >= 15 is 0 Å². The molecule has 0 radical (unpaired) electrons.